The first kappa shape index (κ1) is 21.5. The number of hydrogen-bond donors (Lipinski definition) is 1. The molecule has 1 atom stereocenters. The Morgan fingerprint density at radius 2 is 1.71 bits per heavy atom. The van der Waals surface area contributed by atoms with Gasteiger partial charge in [-0.2, -0.15) is 0 Å². The largest absolute Gasteiger partial charge is 0.502 e. The minimum atomic E-state index is -0.629. The van der Waals surface area contributed by atoms with Crippen LogP contribution in [-0.2, 0) is 0 Å². The molecule has 1 amide bonds. The van der Waals surface area contributed by atoms with Gasteiger partial charge in [-0.1, -0.05) is 42.5 Å². The van der Waals surface area contributed by atoms with E-state index in [1.165, 1.54) is 23.0 Å². The van der Waals surface area contributed by atoms with Gasteiger partial charge in [0.2, 0.25) is 5.43 Å². The third-order valence-electron chi connectivity index (χ3n) is 6.85. The molecule has 0 saturated heterocycles. The van der Waals surface area contributed by atoms with Crippen molar-refractivity contribution >= 4 is 5.91 Å². The van der Waals surface area contributed by atoms with E-state index < -0.39 is 28.9 Å². The lowest BCUT2D eigenvalue weighted by molar-refractivity contribution is 0.0701. The van der Waals surface area contributed by atoms with Gasteiger partial charge in [0.05, 0.1) is 0 Å². The van der Waals surface area contributed by atoms with Crippen molar-refractivity contribution in [2.75, 3.05) is 24.8 Å². The smallest absolute Gasteiger partial charge is 0.278 e. The van der Waals surface area contributed by atoms with Crippen LogP contribution in [0, 0.1) is 5.82 Å². The van der Waals surface area contributed by atoms with Crippen molar-refractivity contribution in [3.8, 4) is 11.5 Å². The summed E-state index contributed by atoms with van der Waals surface area (Å²) in [5.41, 5.74) is 2.00. The van der Waals surface area contributed by atoms with Crippen molar-refractivity contribution in [2.24, 2.45) is 0 Å². The summed E-state index contributed by atoms with van der Waals surface area (Å²) in [7, 11) is 0. The van der Waals surface area contributed by atoms with E-state index in [2.05, 4.69) is 6.07 Å². The van der Waals surface area contributed by atoms with Crippen LogP contribution in [0.25, 0.3) is 0 Å². The number of rotatable bonds is 2. The second-order valence-corrected chi connectivity index (χ2v) is 9.08. The molecule has 178 valence electrons. The number of fused-ring (bicyclic) bond motifs is 5. The van der Waals surface area contributed by atoms with Crippen LogP contribution in [0.1, 0.15) is 52.0 Å². The Hall–Kier alpha value is -4.07. The molecule has 7 nitrogen and oxygen atoms in total. The molecule has 0 unspecified atom stereocenters. The Kier molecular flexibility index (Phi) is 5.09. The highest BCUT2D eigenvalue weighted by molar-refractivity contribution is 5.96. The molecule has 1 aliphatic carbocycles. The lowest BCUT2D eigenvalue weighted by Gasteiger charge is -2.44. The normalized spacial score (nSPS) is 20.4. The number of hydrogen-bond acceptors (Lipinski definition) is 5. The van der Waals surface area contributed by atoms with E-state index >= 15 is 4.39 Å². The van der Waals surface area contributed by atoms with Gasteiger partial charge in [-0.3, -0.25) is 19.3 Å². The third kappa shape index (κ3) is 3.56. The summed E-state index contributed by atoms with van der Waals surface area (Å²) in [4.78, 5) is 27.2. The minimum absolute atomic E-state index is 0.107. The summed E-state index contributed by atoms with van der Waals surface area (Å²) in [6.45, 7) is 0.554. The van der Waals surface area contributed by atoms with Gasteiger partial charge in [0.15, 0.2) is 23.0 Å². The minimum Gasteiger partial charge on any atom is -0.502 e. The lowest BCUT2D eigenvalue weighted by Crippen LogP contribution is -2.55. The molecule has 1 aromatic heterocycles. The number of carbonyl (C=O) groups excluding carboxylic acids is 1. The summed E-state index contributed by atoms with van der Waals surface area (Å²) >= 11 is 0. The summed E-state index contributed by atoms with van der Waals surface area (Å²) in [5, 5.41) is 12.5. The average Bonchev–Trinajstić information content (AvgIpc) is 3.70. The van der Waals surface area contributed by atoms with Crippen LogP contribution in [0.15, 0.2) is 71.7 Å². The van der Waals surface area contributed by atoms with E-state index in [4.69, 9.17) is 4.74 Å². The molecule has 0 spiro atoms. The summed E-state index contributed by atoms with van der Waals surface area (Å²) in [6.07, 6.45) is 7.15. The fourth-order valence-electron chi connectivity index (χ4n) is 5.04. The maximum atomic E-state index is 15.2. The highest BCUT2D eigenvalue weighted by Crippen LogP contribution is 2.46. The van der Waals surface area contributed by atoms with E-state index in [-0.39, 0.29) is 31.3 Å². The second-order valence-electron chi connectivity index (χ2n) is 9.08. The standard InChI is InChI=1S/C27H24FN3O4/c28-21-9-5-8-20-23(19-7-2-1-6-18(19)17-10-11-17)31-16-29(13-3-4-15-35-26(20)21)27(34)24-25(33)22(32)12-14-30(24)31/h1-9,12,14,17,23,33H,10-11,13,15-16H2/b4-3+/t23-/m0/s1. The van der Waals surface area contributed by atoms with Crippen LogP contribution in [0.5, 0.6) is 11.5 Å². The zero-order valence-electron chi connectivity index (χ0n) is 18.9. The van der Waals surface area contributed by atoms with Crippen LogP contribution < -0.4 is 15.2 Å². The first-order chi connectivity index (χ1) is 17.0. The summed E-state index contributed by atoms with van der Waals surface area (Å²) in [6, 6.07) is 13.6. The molecule has 2 bridgehead atoms. The van der Waals surface area contributed by atoms with Gasteiger partial charge in [0, 0.05) is 24.4 Å². The second kappa shape index (κ2) is 8.30. The van der Waals surface area contributed by atoms with Crippen LogP contribution in [0.2, 0.25) is 0 Å². The molecule has 8 heteroatoms. The molecule has 2 aromatic carbocycles. The van der Waals surface area contributed by atoms with Gasteiger partial charge in [0.1, 0.15) is 19.3 Å². The molecule has 35 heavy (non-hydrogen) atoms. The van der Waals surface area contributed by atoms with Gasteiger partial charge < -0.3 is 14.7 Å². The number of carbonyl (C=O) groups is 1. The Morgan fingerprint density at radius 1 is 0.943 bits per heavy atom. The average molecular weight is 474 g/mol. The Labute approximate surface area is 201 Å². The SMILES string of the molecule is O=C1c2c(O)c(=O)ccn2N2CN1C/C=C/COc1c(F)cccc1[C@@H]2c1ccccc1C1CC1. The number of aromatic nitrogens is 1. The summed E-state index contributed by atoms with van der Waals surface area (Å²) < 4.78 is 22.6. The molecule has 1 N–H and O–H groups in total. The van der Waals surface area contributed by atoms with Crippen LogP contribution in [-0.4, -0.2) is 40.4 Å². The van der Waals surface area contributed by atoms with Crippen LogP contribution in [0.3, 0.4) is 0 Å². The molecule has 1 saturated carbocycles. The number of halogens is 1. The van der Waals surface area contributed by atoms with Gasteiger partial charge in [-0.05, 0) is 42.0 Å². The van der Waals surface area contributed by atoms with Crippen LogP contribution >= 0.6 is 0 Å². The fourth-order valence-corrected chi connectivity index (χ4v) is 5.04. The fraction of sp³-hybridized carbons (Fsp3) is 0.259. The molecule has 6 rings (SSSR count). The van der Waals surface area contributed by atoms with Crippen molar-refractivity contribution in [2.45, 2.75) is 24.8 Å². The van der Waals surface area contributed by atoms with Gasteiger partial charge in [-0.15, -0.1) is 0 Å². The maximum Gasteiger partial charge on any atom is 0.278 e. The topological polar surface area (TPSA) is 75.0 Å². The number of pyridine rings is 1. The quantitative estimate of drug-likeness (QED) is 0.575. The predicted molar refractivity (Wildman–Crippen MR) is 128 cm³/mol. The Bertz CT molecular complexity index is 1410. The molecule has 1 fully saturated rings. The number of ether oxygens (including phenoxy) is 1. The first-order valence-corrected chi connectivity index (χ1v) is 11.7. The van der Waals surface area contributed by atoms with Gasteiger partial charge >= 0.3 is 0 Å². The number of amides is 1. The lowest BCUT2D eigenvalue weighted by atomic mass is 9.91. The monoisotopic (exact) mass is 473 g/mol. The van der Waals surface area contributed by atoms with Crippen molar-refractivity contribution in [3.05, 3.63) is 105 Å². The van der Waals surface area contributed by atoms with E-state index in [9.17, 15) is 14.7 Å². The third-order valence-corrected chi connectivity index (χ3v) is 6.85. The number of aromatic hydroxyl groups is 1. The molecule has 3 aliphatic rings. The molecule has 2 aliphatic heterocycles. The first-order valence-electron chi connectivity index (χ1n) is 11.7. The Balaban J connectivity index is 1.66. The molecular weight excluding hydrogens is 449 g/mol. The number of nitrogens with zero attached hydrogens (tertiary/aromatic N) is 3. The molecular formula is C27H24FN3O4. The van der Waals surface area contributed by atoms with Crippen molar-refractivity contribution in [1.82, 2.24) is 9.58 Å². The van der Waals surface area contributed by atoms with Crippen molar-refractivity contribution in [1.29, 1.82) is 0 Å². The molecule has 0 radical (unpaired) electrons. The van der Waals surface area contributed by atoms with E-state index in [1.54, 1.807) is 23.1 Å². The van der Waals surface area contributed by atoms with Gasteiger partial charge in [0.25, 0.3) is 5.91 Å². The molecule has 3 heterocycles. The van der Waals surface area contributed by atoms with Crippen molar-refractivity contribution in [3.63, 3.8) is 0 Å². The maximum absolute atomic E-state index is 15.2. The van der Waals surface area contributed by atoms with E-state index in [0.717, 1.165) is 24.0 Å². The zero-order chi connectivity index (χ0) is 24.1. The highest BCUT2D eigenvalue weighted by Gasteiger charge is 2.39. The summed E-state index contributed by atoms with van der Waals surface area (Å²) in [5.74, 6) is -0.971. The predicted octanol–water partition coefficient (Wildman–Crippen LogP) is 3.66. The molecule has 3 aromatic rings. The number of benzene rings is 2. The number of para-hydroxylation sites is 1. The van der Waals surface area contributed by atoms with E-state index in [1.807, 2.05) is 29.3 Å². The van der Waals surface area contributed by atoms with Gasteiger partial charge in [-0.25, -0.2) is 4.39 Å². The Morgan fingerprint density at radius 3 is 2.51 bits per heavy atom. The van der Waals surface area contributed by atoms with Crippen LogP contribution in [0.4, 0.5) is 4.39 Å². The van der Waals surface area contributed by atoms with E-state index in [0.29, 0.717) is 11.5 Å². The zero-order valence-corrected chi connectivity index (χ0v) is 18.9. The highest BCUT2D eigenvalue weighted by atomic mass is 19.1. The van der Waals surface area contributed by atoms with Crippen molar-refractivity contribution < 1.29 is 19.0 Å².